The number of nitrogens with one attached hydrogen (secondary N) is 1. The number of hydrogen-bond donors (Lipinski definition) is 1. The number of carbonyl (C=O) groups excluding carboxylic acids is 1. The molecule has 7 heteroatoms. The third-order valence-corrected chi connectivity index (χ3v) is 5.59. The number of benzene rings is 1. The minimum Gasteiger partial charge on any atom is -0.356 e. The van der Waals surface area contributed by atoms with Crippen molar-refractivity contribution in [2.75, 3.05) is 24.5 Å². The zero-order valence-corrected chi connectivity index (χ0v) is 17.6. The molecule has 0 bridgehead atoms. The summed E-state index contributed by atoms with van der Waals surface area (Å²) in [5.74, 6) is 1.27. The first kappa shape index (κ1) is 20.9. The van der Waals surface area contributed by atoms with Crippen molar-refractivity contribution < 1.29 is 9.18 Å². The fourth-order valence-electron chi connectivity index (χ4n) is 3.68. The van der Waals surface area contributed by atoms with Gasteiger partial charge in [0.25, 0.3) is 5.91 Å². The molecule has 160 valence electrons. The lowest BCUT2D eigenvalue weighted by molar-refractivity contribution is 0.0954. The van der Waals surface area contributed by atoms with Crippen LogP contribution in [0.25, 0.3) is 11.4 Å². The second-order valence-electron chi connectivity index (χ2n) is 7.93. The van der Waals surface area contributed by atoms with Crippen LogP contribution >= 0.6 is 0 Å². The molecule has 31 heavy (non-hydrogen) atoms. The van der Waals surface area contributed by atoms with Gasteiger partial charge in [-0.25, -0.2) is 14.4 Å². The standard InChI is InChI=1S/C24H26FN5O/c1-17-10-14-30(15-11-17)23-21(24(31)27-13-9-20-4-2-3-12-26-20)16-28-22(29-23)18-5-7-19(25)8-6-18/h2-8,12,16-17H,9-11,13-15H2,1H3,(H,27,31). The molecule has 0 unspecified atom stereocenters. The van der Waals surface area contributed by atoms with Crippen molar-refractivity contribution in [2.24, 2.45) is 5.92 Å². The maximum Gasteiger partial charge on any atom is 0.256 e. The Labute approximate surface area is 181 Å². The fourth-order valence-corrected chi connectivity index (χ4v) is 3.68. The van der Waals surface area contributed by atoms with Crippen LogP contribution in [0.4, 0.5) is 10.2 Å². The molecule has 0 spiro atoms. The van der Waals surface area contributed by atoms with E-state index in [0.29, 0.717) is 36.1 Å². The SMILES string of the molecule is CC1CCN(c2nc(-c3ccc(F)cc3)ncc2C(=O)NCCc2ccccn2)CC1. The number of aromatic nitrogens is 3. The van der Waals surface area contributed by atoms with Crippen LogP contribution in [-0.4, -0.2) is 40.5 Å². The highest BCUT2D eigenvalue weighted by atomic mass is 19.1. The zero-order chi connectivity index (χ0) is 21.6. The number of amides is 1. The number of nitrogens with zero attached hydrogens (tertiary/aromatic N) is 4. The van der Waals surface area contributed by atoms with Crippen LogP contribution in [0.1, 0.15) is 35.8 Å². The quantitative estimate of drug-likeness (QED) is 0.656. The summed E-state index contributed by atoms with van der Waals surface area (Å²) >= 11 is 0. The third-order valence-electron chi connectivity index (χ3n) is 5.59. The van der Waals surface area contributed by atoms with Gasteiger partial charge < -0.3 is 10.2 Å². The van der Waals surface area contributed by atoms with Gasteiger partial charge in [0.1, 0.15) is 17.2 Å². The van der Waals surface area contributed by atoms with E-state index in [4.69, 9.17) is 4.98 Å². The number of pyridine rings is 1. The van der Waals surface area contributed by atoms with Crippen molar-refractivity contribution >= 4 is 11.7 Å². The zero-order valence-electron chi connectivity index (χ0n) is 17.6. The molecule has 0 aliphatic carbocycles. The van der Waals surface area contributed by atoms with Gasteiger partial charge in [0.15, 0.2) is 5.82 Å². The van der Waals surface area contributed by atoms with Gasteiger partial charge in [-0.3, -0.25) is 9.78 Å². The van der Waals surface area contributed by atoms with E-state index < -0.39 is 0 Å². The molecule has 1 amide bonds. The Morgan fingerprint density at radius 2 is 1.90 bits per heavy atom. The topological polar surface area (TPSA) is 71.0 Å². The van der Waals surface area contributed by atoms with Crippen LogP contribution in [0.5, 0.6) is 0 Å². The molecular weight excluding hydrogens is 393 g/mol. The maximum absolute atomic E-state index is 13.3. The van der Waals surface area contributed by atoms with E-state index >= 15 is 0 Å². The summed E-state index contributed by atoms with van der Waals surface area (Å²) in [6.45, 7) is 4.41. The minimum absolute atomic E-state index is 0.199. The van der Waals surface area contributed by atoms with Gasteiger partial charge in [0, 0.05) is 49.7 Å². The second-order valence-corrected chi connectivity index (χ2v) is 7.93. The Balaban J connectivity index is 1.56. The summed E-state index contributed by atoms with van der Waals surface area (Å²) in [6.07, 6.45) is 6.08. The summed E-state index contributed by atoms with van der Waals surface area (Å²) in [7, 11) is 0. The minimum atomic E-state index is -0.308. The van der Waals surface area contributed by atoms with Crippen molar-refractivity contribution in [1.82, 2.24) is 20.3 Å². The molecule has 1 aliphatic heterocycles. The molecule has 2 aromatic heterocycles. The molecule has 1 aliphatic rings. The van der Waals surface area contributed by atoms with Gasteiger partial charge in [-0.2, -0.15) is 0 Å². The van der Waals surface area contributed by atoms with Gasteiger partial charge in [-0.15, -0.1) is 0 Å². The Hall–Kier alpha value is -3.35. The van der Waals surface area contributed by atoms with Gasteiger partial charge in [0.05, 0.1) is 0 Å². The van der Waals surface area contributed by atoms with Crippen LogP contribution in [-0.2, 0) is 6.42 Å². The summed E-state index contributed by atoms with van der Waals surface area (Å²) in [4.78, 5) is 28.5. The number of rotatable bonds is 6. The van der Waals surface area contributed by atoms with Crippen LogP contribution < -0.4 is 10.2 Å². The monoisotopic (exact) mass is 419 g/mol. The van der Waals surface area contributed by atoms with Crippen molar-refractivity contribution in [3.8, 4) is 11.4 Å². The Kier molecular flexibility index (Phi) is 6.50. The molecule has 1 aromatic carbocycles. The molecule has 1 N–H and O–H groups in total. The highest BCUT2D eigenvalue weighted by Gasteiger charge is 2.23. The Morgan fingerprint density at radius 3 is 2.61 bits per heavy atom. The predicted octanol–water partition coefficient (Wildman–Crippen LogP) is 3.89. The largest absolute Gasteiger partial charge is 0.356 e. The second kappa shape index (κ2) is 9.64. The third kappa shape index (κ3) is 5.23. The molecule has 1 saturated heterocycles. The van der Waals surface area contributed by atoms with Crippen molar-refractivity contribution in [3.05, 3.63) is 71.9 Å². The summed E-state index contributed by atoms with van der Waals surface area (Å²) in [6, 6.07) is 11.8. The lowest BCUT2D eigenvalue weighted by Crippen LogP contribution is -2.36. The number of piperidine rings is 1. The van der Waals surface area contributed by atoms with E-state index in [0.717, 1.165) is 37.2 Å². The van der Waals surface area contributed by atoms with Crippen molar-refractivity contribution in [1.29, 1.82) is 0 Å². The van der Waals surface area contributed by atoms with E-state index in [2.05, 4.69) is 27.1 Å². The average Bonchev–Trinajstić information content (AvgIpc) is 2.80. The van der Waals surface area contributed by atoms with Crippen molar-refractivity contribution in [3.63, 3.8) is 0 Å². The normalized spacial score (nSPS) is 14.5. The molecule has 4 rings (SSSR count). The highest BCUT2D eigenvalue weighted by Crippen LogP contribution is 2.27. The van der Waals surface area contributed by atoms with Crippen molar-refractivity contribution in [2.45, 2.75) is 26.2 Å². The van der Waals surface area contributed by atoms with Gasteiger partial charge in [0.2, 0.25) is 0 Å². The number of hydrogen-bond acceptors (Lipinski definition) is 5. The Bertz CT molecular complexity index is 1020. The summed E-state index contributed by atoms with van der Waals surface area (Å²) < 4.78 is 13.3. The van der Waals surface area contributed by atoms with Gasteiger partial charge in [-0.05, 0) is 55.2 Å². The van der Waals surface area contributed by atoms with E-state index in [9.17, 15) is 9.18 Å². The molecule has 3 heterocycles. The summed E-state index contributed by atoms with van der Waals surface area (Å²) in [5, 5.41) is 2.97. The van der Waals surface area contributed by atoms with E-state index in [1.54, 1.807) is 24.5 Å². The van der Waals surface area contributed by atoms with Gasteiger partial charge in [-0.1, -0.05) is 13.0 Å². The first-order valence-electron chi connectivity index (χ1n) is 10.7. The average molecular weight is 420 g/mol. The van der Waals surface area contributed by atoms with Gasteiger partial charge >= 0.3 is 0 Å². The number of halogens is 1. The summed E-state index contributed by atoms with van der Waals surface area (Å²) in [5.41, 5.74) is 2.10. The predicted molar refractivity (Wildman–Crippen MR) is 118 cm³/mol. The van der Waals surface area contributed by atoms with E-state index in [1.165, 1.54) is 12.1 Å². The highest BCUT2D eigenvalue weighted by molar-refractivity contribution is 5.99. The van der Waals surface area contributed by atoms with Crippen LogP contribution in [0.3, 0.4) is 0 Å². The fraction of sp³-hybridized carbons (Fsp3) is 0.333. The first-order valence-corrected chi connectivity index (χ1v) is 10.7. The van der Waals surface area contributed by atoms with Crippen LogP contribution in [0.15, 0.2) is 54.9 Å². The smallest absolute Gasteiger partial charge is 0.256 e. The molecule has 0 saturated carbocycles. The Morgan fingerprint density at radius 1 is 1.13 bits per heavy atom. The first-order chi connectivity index (χ1) is 15.1. The molecule has 6 nitrogen and oxygen atoms in total. The number of anilines is 1. The lowest BCUT2D eigenvalue weighted by atomic mass is 9.99. The molecule has 0 radical (unpaired) electrons. The lowest BCUT2D eigenvalue weighted by Gasteiger charge is -2.32. The molecule has 0 atom stereocenters. The number of carbonyl (C=O) groups is 1. The van der Waals surface area contributed by atoms with E-state index in [1.807, 2.05) is 18.2 Å². The molecule has 1 fully saturated rings. The van der Waals surface area contributed by atoms with Crippen LogP contribution in [0, 0.1) is 11.7 Å². The van der Waals surface area contributed by atoms with E-state index in [-0.39, 0.29) is 11.7 Å². The molecule has 3 aromatic rings. The molecular formula is C24H26FN5O. The van der Waals surface area contributed by atoms with Crippen LogP contribution in [0.2, 0.25) is 0 Å². The maximum atomic E-state index is 13.3.